The number of fused-ring (bicyclic) bond motifs is 1. The predicted molar refractivity (Wildman–Crippen MR) is 86.2 cm³/mol. The van der Waals surface area contributed by atoms with Crippen molar-refractivity contribution in [2.75, 3.05) is 12.1 Å². The van der Waals surface area contributed by atoms with Gasteiger partial charge >= 0.3 is 0 Å². The van der Waals surface area contributed by atoms with Gasteiger partial charge in [0.2, 0.25) is 6.79 Å². The number of hydrogen-bond acceptors (Lipinski definition) is 6. The number of carbonyl (C=O) groups excluding carboxylic acids is 1. The molecule has 128 valence electrons. The Kier molecular flexibility index (Phi) is 3.50. The van der Waals surface area contributed by atoms with Crippen LogP contribution in [0.4, 0.5) is 5.69 Å². The molecule has 0 bridgehead atoms. The Balaban J connectivity index is 1.59. The van der Waals surface area contributed by atoms with E-state index < -0.39 is 15.9 Å². The zero-order valence-corrected chi connectivity index (χ0v) is 13.5. The van der Waals surface area contributed by atoms with E-state index in [2.05, 4.69) is 5.32 Å². The lowest BCUT2D eigenvalue weighted by Gasteiger charge is -2.06. The van der Waals surface area contributed by atoms with Crippen LogP contribution in [-0.2, 0) is 10.0 Å². The summed E-state index contributed by atoms with van der Waals surface area (Å²) in [4.78, 5) is 12.0. The second-order valence-corrected chi connectivity index (χ2v) is 7.02. The van der Waals surface area contributed by atoms with Crippen molar-refractivity contribution in [1.82, 2.24) is 3.97 Å². The summed E-state index contributed by atoms with van der Waals surface area (Å²) < 4.78 is 41.8. The van der Waals surface area contributed by atoms with Gasteiger partial charge in [0, 0.05) is 18.5 Å². The van der Waals surface area contributed by atoms with Crippen molar-refractivity contribution in [2.45, 2.75) is 4.90 Å². The number of rotatable bonds is 4. The number of benzene rings is 1. The van der Waals surface area contributed by atoms with Gasteiger partial charge in [-0.2, -0.15) is 0 Å². The Morgan fingerprint density at radius 2 is 1.96 bits per heavy atom. The van der Waals surface area contributed by atoms with Gasteiger partial charge in [0.25, 0.3) is 15.9 Å². The summed E-state index contributed by atoms with van der Waals surface area (Å²) in [5.41, 5.74) is 0.325. The molecule has 8 nitrogen and oxygen atoms in total. The lowest BCUT2D eigenvalue weighted by atomic mass is 10.3. The molecule has 0 fully saturated rings. The molecule has 1 aliphatic heterocycles. The molecule has 0 radical (unpaired) electrons. The maximum absolute atomic E-state index is 12.7. The molecule has 3 aromatic rings. The van der Waals surface area contributed by atoms with Gasteiger partial charge in [-0.3, -0.25) is 4.79 Å². The summed E-state index contributed by atoms with van der Waals surface area (Å²) in [7, 11) is -3.82. The highest BCUT2D eigenvalue weighted by molar-refractivity contribution is 7.90. The molecular formula is C16H12N2O6S. The van der Waals surface area contributed by atoms with Crippen LogP contribution < -0.4 is 14.8 Å². The number of hydrogen-bond donors (Lipinski definition) is 1. The van der Waals surface area contributed by atoms with Crippen molar-refractivity contribution in [1.29, 1.82) is 0 Å². The largest absolute Gasteiger partial charge is 0.459 e. The summed E-state index contributed by atoms with van der Waals surface area (Å²) in [5, 5.41) is 2.57. The monoisotopic (exact) mass is 360 g/mol. The SMILES string of the molecule is O=C(Nc1ccn(S(=O)(=O)c2ccc3c(c2)OCO3)c1)c1ccco1. The first kappa shape index (κ1) is 15.3. The van der Waals surface area contributed by atoms with Gasteiger partial charge in [-0.1, -0.05) is 0 Å². The second kappa shape index (κ2) is 5.71. The van der Waals surface area contributed by atoms with Gasteiger partial charge < -0.3 is 19.2 Å². The third-order valence-electron chi connectivity index (χ3n) is 3.59. The normalized spacial score (nSPS) is 13.0. The van der Waals surface area contributed by atoms with E-state index >= 15 is 0 Å². The zero-order valence-electron chi connectivity index (χ0n) is 12.7. The Morgan fingerprint density at radius 3 is 2.76 bits per heavy atom. The number of carbonyl (C=O) groups is 1. The average Bonchev–Trinajstić information content (AvgIpc) is 3.34. The smallest absolute Gasteiger partial charge is 0.291 e. The highest BCUT2D eigenvalue weighted by atomic mass is 32.2. The molecule has 25 heavy (non-hydrogen) atoms. The Hall–Kier alpha value is -3.20. The number of aromatic nitrogens is 1. The van der Waals surface area contributed by atoms with Crippen molar-refractivity contribution in [3.05, 3.63) is 60.8 Å². The van der Waals surface area contributed by atoms with E-state index in [0.717, 1.165) is 3.97 Å². The minimum atomic E-state index is -3.82. The van der Waals surface area contributed by atoms with E-state index in [1.807, 2.05) is 0 Å². The van der Waals surface area contributed by atoms with Gasteiger partial charge in [-0.05, 0) is 30.3 Å². The van der Waals surface area contributed by atoms with Gasteiger partial charge in [0.1, 0.15) is 0 Å². The van der Waals surface area contributed by atoms with Crippen molar-refractivity contribution in [3.8, 4) is 11.5 Å². The molecular weight excluding hydrogens is 348 g/mol. The molecule has 1 aliphatic rings. The van der Waals surface area contributed by atoms with E-state index in [0.29, 0.717) is 17.2 Å². The van der Waals surface area contributed by atoms with E-state index in [-0.39, 0.29) is 17.4 Å². The third kappa shape index (κ3) is 2.74. The number of amides is 1. The van der Waals surface area contributed by atoms with Crippen LogP contribution >= 0.6 is 0 Å². The van der Waals surface area contributed by atoms with Crippen LogP contribution in [0.2, 0.25) is 0 Å². The zero-order chi connectivity index (χ0) is 17.4. The van der Waals surface area contributed by atoms with Crippen LogP contribution in [0.1, 0.15) is 10.6 Å². The summed E-state index contributed by atoms with van der Waals surface area (Å²) in [5.74, 6) is 0.534. The molecule has 0 unspecified atom stereocenters. The molecule has 2 aromatic heterocycles. The van der Waals surface area contributed by atoms with Crippen LogP contribution in [0.3, 0.4) is 0 Å². The van der Waals surface area contributed by atoms with E-state index in [4.69, 9.17) is 13.9 Å². The first-order valence-electron chi connectivity index (χ1n) is 7.22. The molecule has 1 amide bonds. The maximum Gasteiger partial charge on any atom is 0.291 e. The first-order valence-corrected chi connectivity index (χ1v) is 8.66. The average molecular weight is 360 g/mol. The number of nitrogens with one attached hydrogen (secondary N) is 1. The number of ether oxygens (including phenoxy) is 2. The number of furan rings is 1. The first-order chi connectivity index (χ1) is 12.0. The highest BCUT2D eigenvalue weighted by Crippen LogP contribution is 2.34. The molecule has 0 saturated heterocycles. The Bertz CT molecular complexity index is 1040. The molecule has 0 saturated carbocycles. The number of nitrogens with zero attached hydrogens (tertiary/aromatic N) is 1. The standard InChI is InChI=1S/C16H12N2O6S/c19-16(14-2-1-7-22-14)17-11-5-6-18(9-11)25(20,21)12-3-4-13-15(8-12)24-10-23-13/h1-9H,10H2,(H,17,19). The number of anilines is 1. The highest BCUT2D eigenvalue weighted by Gasteiger charge is 2.22. The summed E-state index contributed by atoms with van der Waals surface area (Å²) >= 11 is 0. The molecule has 3 heterocycles. The molecule has 9 heteroatoms. The fraction of sp³-hybridized carbons (Fsp3) is 0.0625. The lowest BCUT2D eigenvalue weighted by Crippen LogP contribution is -2.12. The summed E-state index contributed by atoms with van der Waals surface area (Å²) in [6.45, 7) is 0.0608. The van der Waals surface area contributed by atoms with Gasteiger partial charge in [0.05, 0.1) is 16.8 Å². The minimum Gasteiger partial charge on any atom is -0.459 e. The predicted octanol–water partition coefficient (Wildman–Crippen LogP) is 2.30. The van der Waals surface area contributed by atoms with Crippen LogP contribution in [0.5, 0.6) is 11.5 Å². The Morgan fingerprint density at radius 1 is 1.12 bits per heavy atom. The van der Waals surface area contributed by atoms with Crippen LogP contribution in [0.15, 0.2) is 64.4 Å². The Labute approximate surface area is 142 Å². The van der Waals surface area contributed by atoms with Crippen molar-refractivity contribution >= 4 is 21.6 Å². The van der Waals surface area contributed by atoms with Crippen LogP contribution in [0.25, 0.3) is 0 Å². The quantitative estimate of drug-likeness (QED) is 0.766. The minimum absolute atomic E-state index is 0.0521. The summed E-state index contributed by atoms with van der Waals surface area (Å²) in [6, 6.07) is 8.95. The second-order valence-electron chi connectivity index (χ2n) is 5.18. The van der Waals surface area contributed by atoms with E-state index in [1.54, 1.807) is 6.07 Å². The molecule has 0 aliphatic carbocycles. The van der Waals surface area contributed by atoms with Gasteiger partial charge in [0.15, 0.2) is 17.3 Å². The molecule has 0 spiro atoms. The van der Waals surface area contributed by atoms with Crippen LogP contribution in [-0.4, -0.2) is 25.1 Å². The van der Waals surface area contributed by atoms with Crippen molar-refractivity contribution in [2.24, 2.45) is 0 Å². The van der Waals surface area contributed by atoms with Gasteiger partial charge in [-0.25, -0.2) is 12.4 Å². The van der Waals surface area contributed by atoms with E-state index in [1.165, 1.54) is 49.0 Å². The topological polar surface area (TPSA) is 99.8 Å². The van der Waals surface area contributed by atoms with Crippen molar-refractivity contribution in [3.63, 3.8) is 0 Å². The molecule has 4 rings (SSSR count). The fourth-order valence-electron chi connectivity index (χ4n) is 2.36. The van der Waals surface area contributed by atoms with Crippen molar-refractivity contribution < 1.29 is 27.1 Å². The third-order valence-corrected chi connectivity index (χ3v) is 5.22. The van der Waals surface area contributed by atoms with Crippen LogP contribution in [0, 0.1) is 0 Å². The van der Waals surface area contributed by atoms with E-state index in [9.17, 15) is 13.2 Å². The molecule has 1 aromatic carbocycles. The van der Waals surface area contributed by atoms with Gasteiger partial charge in [-0.15, -0.1) is 0 Å². The maximum atomic E-state index is 12.7. The molecule has 1 N–H and O–H groups in total. The summed E-state index contributed by atoms with van der Waals surface area (Å²) in [6.07, 6.45) is 4.03. The fourth-order valence-corrected chi connectivity index (χ4v) is 3.57. The molecule has 0 atom stereocenters. The lowest BCUT2D eigenvalue weighted by molar-refractivity contribution is 0.0996.